The molecule has 0 fully saturated rings. The third-order valence-electron chi connectivity index (χ3n) is 6.35. The third-order valence-corrected chi connectivity index (χ3v) is 9.10. The van der Waals surface area contributed by atoms with Gasteiger partial charge in [-0.3, -0.25) is 23.4 Å². The van der Waals surface area contributed by atoms with E-state index in [0.29, 0.717) is 11.2 Å². The summed E-state index contributed by atoms with van der Waals surface area (Å²) in [4.78, 5) is 24.9. The predicted octanol–water partition coefficient (Wildman–Crippen LogP) is 1.01. The minimum atomic E-state index is -4.04. The number of thioether (sulfide) groups is 1. The number of fused-ring (bicyclic) bond motifs is 1. The van der Waals surface area contributed by atoms with Crippen molar-refractivity contribution in [1.29, 1.82) is 0 Å². The van der Waals surface area contributed by atoms with Crippen molar-refractivity contribution >= 4 is 47.6 Å². The van der Waals surface area contributed by atoms with Crippen molar-refractivity contribution in [2.75, 3.05) is 43.4 Å². The number of rotatable bonds is 18. The molecule has 18 heteroatoms. The molecular weight excluding hydrogens is 615 g/mol. The van der Waals surface area contributed by atoms with Crippen LogP contribution in [0.25, 0.3) is 11.2 Å². The number of carbonyl (C=O) groups excluding carboxylic acids is 1. The van der Waals surface area contributed by atoms with E-state index in [0.717, 1.165) is 17.3 Å². The van der Waals surface area contributed by atoms with Crippen molar-refractivity contribution in [3.8, 4) is 0 Å². The van der Waals surface area contributed by atoms with Crippen molar-refractivity contribution in [1.82, 2.24) is 24.6 Å². The number of hydrogen-bond donors (Lipinski definition) is 6. The molecule has 0 radical (unpaired) electrons. The second-order valence-corrected chi connectivity index (χ2v) is 13.5. The van der Waals surface area contributed by atoms with Crippen LogP contribution in [0.1, 0.15) is 26.3 Å². The molecule has 0 aliphatic carbocycles. The van der Waals surface area contributed by atoms with E-state index in [4.69, 9.17) is 25.4 Å². The quantitative estimate of drug-likeness (QED) is 0.0485. The summed E-state index contributed by atoms with van der Waals surface area (Å²) in [6.07, 6.45) is -2.43. The number of aliphatic hydroxyl groups is 3. The summed E-state index contributed by atoms with van der Waals surface area (Å²) < 4.78 is 32.5. The van der Waals surface area contributed by atoms with E-state index in [1.165, 1.54) is 22.8 Å². The molecule has 0 aliphatic rings. The van der Waals surface area contributed by atoms with Gasteiger partial charge in [0.05, 0.1) is 37.7 Å². The highest BCUT2D eigenvalue weighted by Gasteiger charge is 2.32. The van der Waals surface area contributed by atoms with Crippen molar-refractivity contribution in [3.63, 3.8) is 0 Å². The molecule has 4 atom stereocenters. The molecule has 0 amide bonds. The zero-order valence-electron chi connectivity index (χ0n) is 25.1. The minimum Gasteiger partial charge on any atom is -0.395 e. The van der Waals surface area contributed by atoms with Gasteiger partial charge in [0.15, 0.2) is 22.1 Å². The number of benzene rings is 1. The summed E-state index contributed by atoms with van der Waals surface area (Å²) in [7, 11) is -2.46. The van der Waals surface area contributed by atoms with Crippen LogP contribution in [0, 0.1) is 5.41 Å². The molecule has 0 spiro atoms. The van der Waals surface area contributed by atoms with Crippen LogP contribution in [-0.4, -0.2) is 90.9 Å². The van der Waals surface area contributed by atoms with Gasteiger partial charge in [-0.2, -0.15) is 9.97 Å². The summed E-state index contributed by atoms with van der Waals surface area (Å²) in [5, 5.41) is 34.0. The number of nitrogen functional groups attached to an aromatic ring is 1. The SMILES string of the molecule is CC(O)[C@@H](O)[C@@H](COP(=O)(NCc1ccccc1)OCCSC(=O)C(C)(C)CO)OCn1cnc2c(N(C)N)nc(N)nc21. The zero-order chi connectivity index (χ0) is 32.5. The molecule has 2 heterocycles. The van der Waals surface area contributed by atoms with Crippen molar-refractivity contribution in [3.05, 3.63) is 42.2 Å². The minimum absolute atomic E-state index is 0.0437. The summed E-state index contributed by atoms with van der Waals surface area (Å²) in [6.45, 7) is 3.65. The molecule has 244 valence electrons. The number of nitrogens with one attached hydrogen (secondary N) is 1. The van der Waals surface area contributed by atoms with E-state index in [1.807, 2.05) is 30.3 Å². The molecule has 0 saturated heterocycles. The fourth-order valence-electron chi connectivity index (χ4n) is 3.65. The Balaban J connectivity index is 1.73. The van der Waals surface area contributed by atoms with Crippen LogP contribution in [-0.2, 0) is 36.4 Å². The average Bonchev–Trinajstić information content (AvgIpc) is 3.40. The Morgan fingerprint density at radius 1 is 1.23 bits per heavy atom. The summed E-state index contributed by atoms with van der Waals surface area (Å²) >= 11 is 0.943. The second-order valence-electron chi connectivity index (χ2n) is 10.6. The van der Waals surface area contributed by atoms with E-state index < -0.39 is 38.1 Å². The first-order chi connectivity index (χ1) is 20.8. The maximum absolute atomic E-state index is 13.8. The van der Waals surface area contributed by atoms with E-state index in [-0.39, 0.29) is 49.1 Å². The van der Waals surface area contributed by atoms with Crippen LogP contribution >= 0.6 is 19.5 Å². The largest absolute Gasteiger partial charge is 0.405 e. The van der Waals surface area contributed by atoms with Crippen LogP contribution in [0.3, 0.4) is 0 Å². The Kier molecular flexibility index (Phi) is 13.0. The normalized spacial score (nSPS) is 15.5. The van der Waals surface area contributed by atoms with Gasteiger partial charge in [0.25, 0.3) is 0 Å². The first kappa shape index (κ1) is 35.8. The Bertz CT molecular complexity index is 1410. The van der Waals surface area contributed by atoms with Gasteiger partial charge >= 0.3 is 7.75 Å². The van der Waals surface area contributed by atoms with E-state index >= 15 is 0 Å². The number of aliphatic hydroxyl groups excluding tert-OH is 3. The van der Waals surface area contributed by atoms with Gasteiger partial charge in [0.2, 0.25) is 5.95 Å². The molecular formula is C26H41N8O8PS. The van der Waals surface area contributed by atoms with Gasteiger partial charge in [-0.1, -0.05) is 42.1 Å². The number of nitrogens with two attached hydrogens (primary N) is 2. The predicted molar refractivity (Wildman–Crippen MR) is 166 cm³/mol. The number of imidazole rings is 1. The van der Waals surface area contributed by atoms with Gasteiger partial charge in [0, 0.05) is 19.3 Å². The highest BCUT2D eigenvalue weighted by atomic mass is 32.2. The van der Waals surface area contributed by atoms with Crippen LogP contribution in [0.2, 0.25) is 0 Å². The Morgan fingerprint density at radius 2 is 1.93 bits per heavy atom. The lowest BCUT2D eigenvalue weighted by molar-refractivity contribution is -0.119. The van der Waals surface area contributed by atoms with Gasteiger partial charge < -0.3 is 25.8 Å². The van der Waals surface area contributed by atoms with Crippen molar-refractivity contribution in [2.24, 2.45) is 11.3 Å². The molecule has 1 aromatic carbocycles. The number of carbonyl (C=O) groups is 1. The number of ether oxygens (including phenoxy) is 1. The highest BCUT2D eigenvalue weighted by molar-refractivity contribution is 8.13. The molecule has 0 aliphatic heterocycles. The van der Waals surface area contributed by atoms with Crippen LogP contribution < -0.4 is 21.7 Å². The summed E-state index contributed by atoms with van der Waals surface area (Å²) in [5.74, 6) is 6.23. The average molecular weight is 657 g/mol. The topological polar surface area (TPSA) is 233 Å². The smallest absolute Gasteiger partial charge is 0.395 e. The Labute approximate surface area is 259 Å². The molecule has 44 heavy (non-hydrogen) atoms. The fraction of sp³-hybridized carbons (Fsp3) is 0.538. The summed E-state index contributed by atoms with van der Waals surface area (Å²) in [5.41, 5.74) is 6.38. The van der Waals surface area contributed by atoms with Gasteiger partial charge in [0.1, 0.15) is 18.9 Å². The number of nitrogens with zero attached hydrogens (tertiary/aromatic N) is 5. The highest BCUT2D eigenvalue weighted by Crippen LogP contribution is 2.44. The van der Waals surface area contributed by atoms with Crippen molar-refractivity contribution in [2.45, 2.75) is 52.4 Å². The first-order valence-electron chi connectivity index (χ1n) is 13.7. The maximum atomic E-state index is 13.8. The molecule has 3 rings (SSSR count). The van der Waals surface area contributed by atoms with Crippen LogP contribution in [0.4, 0.5) is 11.8 Å². The number of hydrogen-bond acceptors (Lipinski definition) is 15. The monoisotopic (exact) mass is 656 g/mol. The lowest BCUT2D eigenvalue weighted by atomic mass is 9.97. The maximum Gasteiger partial charge on any atom is 0.405 e. The molecule has 2 unspecified atom stereocenters. The molecule has 3 aromatic rings. The number of anilines is 2. The summed E-state index contributed by atoms with van der Waals surface area (Å²) in [6, 6.07) is 9.14. The number of aromatic nitrogens is 4. The van der Waals surface area contributed by atoms with E-state index in [1.54, 1.807) is 20.9 Å². The molecule has 0 bridgehead atoms. The van der Waals surface area contributed by atoms with Crippen LogP contribution in [0.5, 0.6) is 0 Å². The van der Waals surface area contributed by atoms with Crippen LogP contribution in [0.15, 0.2) is 36.7 Å². The second kappa shape index (κ2) is 16.0. The lowest BCUT2D eigenvalue weighted by Gasteiger charge is -2.27. The molecule has 16 nitrogen and oxygen atoms in total. The Morgan fingerprint density at radius 3 is 2.57 bits per heavy atom. The Hall–Kier alpha value is -2.70. The zero-order valence-corrected chi connectivity index (χ0v) is 26.8. The lowest BCUT2D eigenvalue weighted by Crippen LogP contribution is -2.41. The molecule has 0 saturated carbocycles. The molecule has 8 N–H and O–H groups in total. The van der Waals surface area contributed by atoms with Gasteiger partial charge in [-0.25, -0.2) is 20.5 Å². The molecule has 2 aromatic heterocycles. The third kappa shape index (κ3) is 9.90. The van der Waals surface area contributed by atoms with Gasteiger partial charge in [-0.15, -0.1) is 0 Å². The van der Waals surface area contributed by atoms with Gasteiger partial charge in [-0.05, 0) is 26.3 Å². The van der Waals surface area contributed by atoms with Crippen molar-refractivity contribution < 1.29 is 38.5 Å². The van der Waals surface area contributed by atoms with E-state index in [9.17, 15) is 24.7 Å². The van der Waals surface area contributed by atoms with E-state index in [2.05, 4.69) is 20.0 Å². The standard InChI is InChI=1S/C26H41N8O8PS/c1-17(36)21(37)19(40-16-34-15-29-20-22(33(4)28)31-25(27)32-23(20)34)13-42-43(39,30-12-18-8-6-5-7-9-18)41-10-11-44-24(38)26(2,3)14-35/h5-9,15,17,19,21,35-37H,10-14,16,28H2,1-4H3,(H,30,39)(H2,27,31,32)/t17?,19-,21-,43?/m1/s1. The first-order valence-corrected chi connectivity index (χ1v) is 16.2. The fourth-order valence-corrected chi connectivity index (χ4v) is 5.89. The number of hydrazine groups is 1.